The van der Waals surface area contributed by atoms with Crippen molar-refractivity contribution in [1.29, 1.82) is 0 Å². The molecule has 2 aromatic carbocycles. The minimum absolute atomic E-state index is 0.0595. The van der Waals surface area contributed by atoms with Gasteiger partial charge in [0.05, 0.1) is 11.3 Å². The molecule has 0 saturated heterocycles. The number of aromatic hydroxyl groups is 1. The Bertz CT molecular complexity index is 899. The molecule has 1 atom stereocenters. The highest BCUT2D eigenvalue weighted by atomic mass is 19.4. The van der Waals surface area contributed by atoms with Crippen LogP contribution in [-0.4, -0.2) is 11.0 Å². The number of phenols is 1. The molecule has 1 aliphatic carbocycles. The SMILES string of the molecule is O=C1Nc2c(C(F)(F)F)cccc2C1(c1ccc(O)cc1)C1CCCCCCC1. The van der Waals surface area contributed by atoms with Gasteiger partial charge in [-0.2, -0.15) is 13.2 Å². The van der Waals surface area contributed by atoms with E-state index in [-0.39, 0.29) is 17.4 Å². The average molecular weight is 403 g/mol. The van der Waals surface area contributed by atoms with Crippen molar-refractivity contribution in [2.24, 2.45) is 5.92 Å². The Morgan fingerprint density at radius 2 is 1.55 bits per heavy atom. The molecule has 3 nitrogen and oxygen atoms in total. The monoisotopic (exact) mass is 403 g/mol. The van der Waals surface area contributed by atoms with Crippen molar-refractivity contribution in [1.82, 2.24) is 0 Å². The van der Waals surface area contributed by atoms with Crippen LogP contribution in [0.15, 0.2) is 42.5 Å². The van der Waals surface area contributed by atoms with Crippen LogP contribution in [0.4, 0.5) is 18.9 Å². The first kappa shape index (κ1) is 19.8. The number of anilines is 1. The zero-order chi connectivity index (χ0) is 20.6. The lowest BCUT2D eigenvalue weighted by Gasteiger charge is -2.38. The van der Waals surface area contributed by atoms with E-state index in [2.05, 4.69) is 5.32 Å². The summed E-state index contributed by atoms with van der Waals surface area (Å²) in [4.78, 5) is 13.5. The van der Waals surface area contributed by atoms with Gasteiger partial charge in [-0.05, 0) is 48.1 Å². The van der Waals surface area contributed by atoms with E-state index >= 15 is 0 Å². The Balaban J connectivity index is 1.95. The number of para-hydroxylation sites is 1. The molecule has 1 heterocycles. The van der Waals surface area contributed by atoms with E-state index < -0.39 is 23.1 Å². The highest BCUT2D eigenvalue weighted by Crippen LogP contribution is 2.54. The number of amides is 1. The standard InChI is InChI=1S/C23H24F3NO2/c24-23(25,26)19-10-6-9-18-20(19)27-21(29)22(18,16-11-13-17(28)14-12-16)15-7-4-2-1-3-5-8-15/h6,9-15,28H,1-5,7-8H2,(H,27,29). The van der Waals surface area contributed by atoms with E-state index in [1.807, 2.05) is 0 Å². The highest BCUT2D eigenvalue weighted by molar-refractivity contribution is 6.09. The molecule has 0 spiro atoms. The summed E-state index contributed by atoms with van der Waals surface area (Å²) in [5, 5.41) is 12.3. The maximum atomic E-state index is 13.7. The van der Waals surface area contributed by atoms with Gasteiger partial charge in [-0.15, -0.1) is 0 Å². The van der Waals surface area contributed by atoms with Crippen LogP contribution >= 0.6 is 0 Å². The van der Waals surface area contributed by atoms with Crippen molar-refractivity contribution < 1.29 is 23.1 Å². The van der Waals surface area contributed by atoms with Crippen LogP contribution in [0.5, 0.6) is 5.75 Å². The lowest BCUT2D eigenvalue weighted by molar-refractivity contribution is -0.136. The van der Waals surface area contributed by atoms with Crippen LogP contribution in [-0.2, 0) is 16.4 Å². The second-order valence-electron chi connectivity index (χ2n) is 8.08. The van der Waals surface area contributed by atoms with Crippen LogP contribution in [0.2, 0.25) is 0 Å². The number of alkyl halides is 3. The van der Waals surface area contributed by atoms with Crippen molar-refractivity contribution >= 4 is 11.6 Å². The first-order valence-electron chi connectivity index (χ1n) is 10.2. The Hall–Kier alpha value is -2.50. The van der Waals surface area contributed by atoms with Gasteiger partial charge in [0.25, 0.3) is 0 Å². The summed E-state index contributed by atoms with van der Waals surface area (Å²) in [6.45, 7) is 0. The number of fused-ring (bicyclic) bond motifs is 1. The zero-order valence-electron chi connectivity index (χ0n) is 16.1. The maximum absolute atomic E-state index is 13.7. The number of phenolic OH excluding ortho intramolecular Hbond substituents is 1. The molecular weight excluding hydrogens is 379 g/mol. The minimum Gasteiger partial charge on any atom is -0.508 e. The van der Waals surface area contributed by atoms with Gasteiger partial charge in [-0.3, -0.25) is 4.79 Å². The van der Waals surface area contributed by atoms with Gasteiger partial charge in [0.15, 0.2) is 0 Å². The summed E-state index contributed by atoms with van der Waals surface area (Å²) in [7, 11) is 0. The number of benzene rings is 2. The summed E-state index contributed by atoms with van der Waals surface area (Å²) in [5.74, 6) is -0.443. The van der Waals surface area contributed by atoms with Crippen LogP contribution in [0, 0.1) is 5.92 Å². The van der Waals surface area contributed by atoms with Gasteiger partial charge in [-0.25, -0.2) is 0 Å². The molecule has 2 N–H and O–H groups in total. The molecule has 1 saturated carbocycles. The van der Waals surface area contributed by atoms with Crippen LogP contribution in [0.3, 0.4) is 0 Å². The summed E-state index contributed by atoms with van der Waals surface area (Å²) >= 11 is 0. The van der Waals surface area contributed by atoms with E-state index in [1.165, 1.54) is 18.2 Å². The van der Waals surface area contributed by atoms with E-state index in [9.17, 15) is 23.1 Å². The quantitative estimate of drug-likeness (QED) is 0.645. The second kappa shape index (κ2) is 7.39. The minimum atomic E-state index is -4.55. The summed E-state index contributed by atoms with van der Waals surface area (Å²) in [6, 6.07) is 10.4. The summed E-state index contributed by atoms with van der Waals surface area (Å²) in [5.41, 5.74) is -1.08. The number of rotatable bonds is 2. The molecule has 4 rings (SSSR count). The van der Waals surface area contributed by atoms with E-state index in [1.54, 1.807) is 18.2 Å². The van der Waals surface area contributed by atoms with E-state index in [0.717, 1.165) is 51.0 Å². The molecule has 1 unspecified atom stereocenters. The molecule has 1 amide bonds. The Morgan fingerprint density at radius 1 is 0.931 bits per heavy atom. The van der Waals surface area contributed by atoms with Crippen molar-refractivity contribution in [3.63, 3.8) is 0 Å². The Morgan fingerprint density at radius 3 is 2.17 bits per heavy atom. The average Bonchev–Trinajstić information content (AvgIpc) is 2.94. The number of hydrogen-bond donors (Lipinski definition) is 2. The predicted octanol–water partition coefficient (Wildman–Crippen LogP) is 6.01. The molecule has 1 fully saturated rings. The van der Waals surface area contributed by atoms with Crippen molar-refractivity contribution in [3.8, 4) is 5.75 Å². The zero-order valence-corrected chi connectivity index (χ0v) is 16.1. The Labute approximate surface area is 167 Å². The van der Waals surface area contributed by atoms with E-state index in [0.29, 0.717) is 11.1 Å². The Kier molecular flexibility index (Phi) is 5.05. The largest absolute Gasteiger partial charge is 0.508 e. The van der Waals surface area contributed by atoms with Crippen molar-refractivity contribution in [3.05, 3.63) is 59.2 Å². The highest BCUT2D eigenvalue weighted by Gasteiger charge is 2.55. The molecule has 0 radical (unpaired) electrons. The topological polar surface area (TPSA) is 49.3 Å². The maximum Gasteiger partial charge on any atom is 0.418 e. The van der Waals surface area contributed by atoms with Crippen molar-refractivity contribution in [2.45, 2.75) is 56.5 Å². The first-order chi connectivity index (χ1) is 13.8. The lowest BCUT2D eigenvalue weighted by Crippen LogP contribution is -2.43. The van der Waals surface area contributed by atoms with Crippen molar-refractivity contribution in [2.75, 3.05) is 5.32 Å². The fraction of sp³-hybridized carbons (Fsp3) is 0.435. The molecule has 2 aliphatic rings. The fourth-order valence-electron chi connectivity index (χ4n) is 5.13. The molecule has 154 valence electrons. The molecule has 2 aromatic rings. The summed E-state index contributed by atoms with van der Waals surface area (Å²) in [6.07, 6.45) is 2.20. The smallest absolute Gasteiger partial charge is 0.418 e. The number of halogens is 3. The number of hydrogen-bond acceptors (Lipinski definition) is 2. The predicted molar refractivity (Wildman–Crippen MR) is 105 cm³/mol. The molecule has 6 heteroatoms. The molecule has 0 bridgehead atoms. The third-order valence-electron chi connectivity index (χ3n) is 6.43. The third-order valence-corrected chi connectivity index (χ3v) is 6.43. The van der Waals surface area contributed by atoms with Gasteiger partial charge in [0.1, 0.15) is 11.2 Å². The molecule has 0 aromatic heterocycles. The number of carbonyl (C=O) groups excluding carboxylic acids is 1. The number of nitrogens with one attached hydrogen (secondary N) is 1. The van der Waals surface area contributed by atoms with Crippen LogP contribution in [0.1, 0.15) is 61.6 Å². The molecule has 29 heavy (non-hydrogen) atoms. The van der Waals surface area contributed by atoms with Gasteiger partial charge < -0.3 is 10.4 Å². The van der Waals surface area contributed by atoms with Gasteiger partial charge in [0.2, 0.25) is 5.91 Å². The van der Waals surface area contributed by atoms with Crippen LogP contribution < -0.4 is 5.32 Å². The number of carbonyl (C=O) groups is 1. The van der Waals surface area contributed by atoms with Crippen LogP contribution in [0.25, 0.3) is 0 Å². The third kappa shape index (κ3) is 3.28. The first-order valence-corrected chi connectivity index (χ1v) is 10.2. The fourth-order valence-corrected chi connectivity index (χ4v) is 5.13. The lowest BCUT2D eigenvalue weighted by atomic mass is 9.63. The van der Waals surface area contributed by atoms with Gasteiger partial charge >= 0.3 is 6.18 Å². The van der Waals surface area contributed by atoms with E-state index in [4.69, 9.17) is 0 Å². The molecular formula is C23H24F3NO2. The molecule has 1 aliphatic heterocycles. The normalized spacial score (nSPS) is 23.2. The second-order valence-corrected chi connectivity index (χ2v) is 8.08. The van der Waals surface area contributed by atoms with Gasteiger partial charge in [-0.1, -0.05) is 56.4 Å². The summed E-state index contributed by atoms with van der Waals surface area (Å²) < 4.78 is 41.0. The van der Waals surface area contributed by atoms with Gasteiger partial charge in [0, 0.05) is 0 Å².